The number of hydrogen-bond acceptors (Lipinski definition) is 3. The Kier molecular flexibility index (Phi) is 8.85. The fraction of sp³-hybridized carbons (Fsp3) is 0.833. The standard InChI is InChI=1S/C12H21NO2/c1-3-5-6-7-8-9-11(10-13)12(14)15-4-2/h11H,3-9H2,1-2H3/t11-/m0/s1. The van der Waals surface area contributed by atoms with Crippen LogP contribution >= 0.6 is 0 Å². The number of rotatable bonds is 8. The third-order valence-corrected chi connectivity index (χ3v) is 2.32. The summed E-state index contributed by atoms with van der Waals surface area (Å²) in [6.07, 6.45) is 6.31. The van der Waals surface area contributed by atoms with E-state index in [2.05, 4.69) is 6.92 Å². The lowest BCUT2D eigenvalue weighted by Crippen LogP contribution is -2.16. The van der Waals surface area contributed by atoms with Gasteiger partial charge in [-0.25, -0.2) is 0 Å². The van der Waals surface area contributed by atoms with Crippen LogP contribution in [0.3, 0.4) is 0 Å². The van der Waals surface area contributed by atoms with Crippen molar-refractivity contribution < 1.29 is 9.53 Å². The van der Waals surface area contributed by atoms with Crippen molar-refractivity contribution in [1.29, 1.82) is 5.26 Å². The highest BCUT2D eigenvalue weighted by Crippen LogP contribution is 2.12. The van der Waals surface area contributed by atoms with Gasteiger partial charge in [-0.3, -0.25) is 4.79 Å². The van der Waals surface area contributed by atoms with Crippen molar-refractivity contribution in [3.8, 4) is 6.07 Å². The molecule has 0 aliphatic carbocycles. The summed E-state index contributed by atoms with van der Waals surface area (Å²) in [5, 5.41) is 8.77. The van der Waals surface area contributed by atoms with Crippen molar-refractivity contribution >= 4 is 5.97 Å². The lowest BCUT2D eigenvalue weighted by atomic mass is 10.0. The molecule has 0 saturated heterocycles. The Balaban J connectivity index is 3.62. The summed E-state index contributed by atoms with van der Waals surface area (Å²) < 4.78 is 4.81. The number of esters is 1. The molecule has 0 spiro atoms. The molecule has 0 aliphatic rings. The summed E-state index contributed by atoms with van der Waals surface area (Å²) in [6, 6.07) is 2.00. The van der Waals surface area contributed by atoms with Gasteiger partial charge in [-0.15, -0.1) is 0 Å². The van der Waals surface area contributed by atoms with E-state index in [1.807, 2.05) is 6.07 Å². The lowest BCUT2D eigenvalue weighted by Gasteiger charge is -2.07. The number of carbonyl (C=O) groups is 1. The fourth-order valence-corrected chi connectivity index (χ4v) is 1.43. The molecular formula is C12H21NO2. The van der Waals surface area contributed by atoms with Crippen LogP contribution in [-0.4, -0.2) is 12.6 Å². The Morgan fingerprint density at radius 1 is 1.27 bits per heavy atom. The summed E-state index contributed by atoms with van der Waals surface area (Å²) in [4.78, 5) is 11.2. The molecule has 0 fully saturated rings. The SMILES string of the molecule is CCCCCCC[C@@H](C#N)C(=O)OCC. The van der Waals surface area contributed by atoms with E-state index in [1.165, 1.54) is 19.3 Å². The zero-order chi connectivity index (χ0) is 11.5. The van der Waals surface area contributed by atoms with Crippen LogP contribution in [0.4, 0.5) is 0 Å². The second kappa shape index (κ2) is 9.51. The average molecular weight is 211 g/mol. The van der Waals surface area contributed by atoms with Crippen LogP contribution in [0.5, 0.6) is 0 Å². The van der Waals surface area contributed by atoms with Gasteiger partial charge in [-0.05, 0) is 13.3 Å². The number of nitriles is 1. The Morgan fingerprint density at radius 3 is 2.47 bits per heavy atom. The fourth-order valence-electron chi connectivity index (χ4n) is 1.43. The van der Waals surface area contributed by atoms with E-state index in [0.29, 0.717) is 13.0 Å². The molecule has 3 nitrogen and oxygen atoms in total. The molecular weight excluding hydrogens is 190 g/mol. The first-order valence-corrected chi connectivity index (χ1v) is 5.82. The molecule has 0 amide bonds. The van der Waals surface area contributed by atoms with Crippen molar-refractivity contribution in [2.24, 2.45) is 5.92 Å². The summed E-state index contributed by atoms with van der Waals surface area (Å²) in [5.41, 5.74) is 0. The van der Waals surface area contributed by atoms with Crippen molar-refractivity contribution in [3.05, 3.63) is 0 Å². The molecule has 1 atom stereocenters. The van der Waals surface area contributed by atoms with E-state index in [4.69, 9.17) is 10.00 Å². The number of nitrogens with zero attached hydrogens (tertiary/aromatic N) is 1. The van der Waals surface area contributed by atoms with Gasteiger partial charge in [0.1, 0.15) is 5.92 Å². The van der Waals surface area contributed by atoms with Crippen LogP contribution in [0.2, 0.25) is 0 Å². The minimum Gasteiger partial charge on any atom is -0.465 e. The van der Waals surface area contributed by atoms with E-state index in [0.717, 1.165) is 12.8 Å². The van der Waals surface area contributed by atoms with Gasteiger partial charge < -0.3 is 4.74 Å². The van der Waals surface area contributed by atoms with Crippen LogP contribution in [0.15, 0.2) is 0 Å². The third-order valence-electron chi connectivity index (χ3n) is 2.32. The predicted molar refractivity (Wildman–Crippen MR) is 59.1 cm³/mol. The van der Waals surface area contributed by atoms with Crippen LogP contribution in [-0.2, 0) is 9.53 Å². The average Bonchev–Trinajstić information content (AvgIpc) is 2.23. The molecule has 0 unspecified atom stereocenters. The number of hydrogen-bond donors (Lipinski definition) is 0. The molecule has 0 radical (unpaired) electrons. The van der Waals surface area contributed by atoms with Crippen molar-refractivity contribution in [2.45, 2.75) is 52.4 Å². The topological polar surface area (TPSA) is 50.1 Å². The van der Waals surface area contributed by atoms with E-state index in [-0.39, 0.29) is 5.97 Å². The maximum atomic E-state index is 11.2. The van der Waals surface area contributed by atoms with Gasteiger partial charge in [0.25, 0.3) is 0 Å². The Morgan fingerprint density at radius 2 is 1.93 bits per heavy atom. The maximum absolute atomic E-state index is 11.2. The first-order chi connectivity index (χ1) is 7.26. The van der Waals surface area contributed by atoms with Crippen LogP contribution in [0.25, 0.3) is 0 Å². The zero-order valence-electron chi connectivity index (χ0n) is 9.79. The Hall–Kier alpha value is -1.04. The molecule has 86 valence electrons. The lowest BCUT2D eigenvalue weighted by molar-refractivity contribution is -0.146. The quantitative estimate of drug-likeness (QED) is 0.458. The molecule has 0 aliphatic heterocycles. The molecule has 0 bridgehead atoms. The minimum atomic E-state index is -0.563. The summed E-state index contributed by atoms with van der Waals surface area (Å²) in [6.45, 7) is 4.27. The Bertz CT molecular complexity index is 208. The molecule has 0 N–H and O–H groups in total. The number of unbranched alkanes of at least 4 members (excludes halogenated alkanes) is 4. The van der Waals surface area contributed by atoms with Crippen molar-refractivity contribution in [2.75, 3.05) is 6.61 Å². The summed E-state index contributed by atoms with van der Waals surface area (Å²) >= 11 is 0. The van der Waals surface area contributed by atoms with Gasteiger partial charge in [0, 0.05) is 0 Å². The highest BCUT2D eigenvalue weighted by molar-refractivity contribution is 5.75. The van der Waals surface area contributed by atoms with Crippen molar-refractivity contribution in [1.82, 2.24) is 0 Å². The van der Waals surface area contributed by atoms with E-state index < -0.39 is 5.92 Å². The molecule has 0 aromatic rings. The molecule has 3 heteroatoms. The number of carbonyl (C=O) groups excluding carboxylic acids is 1. The molecule has 0 rings (SSSR count). The first kappa shape index (κ1) is 14.0. The summed E-state index contributed by atoms with van der Waals surface area (Å²) in [7, 11) is 0. The maximum Gasteiger partial charge on any atom is 0.323 e. The second-order valence-corrected chi connectivity index (χ2v) is 3.64. The molecule has 0 saturated carbocycles. The van der Waals surface area contributed by atoms with Gasteiger partial charge in [-0.1, -0.05) is 39.0 Å². The molecule has 0 aromatic carbocycles. The normalized spacial score (nSPS) is 11.8. The van der Waals surface area contributed by atoms with Gasteiger partial charge >= 0.3 is 5.97 Å². The predicted octanol–water partition coefficient (Wildman–Crippen LogP) is 3.05. The third kappa shape index (κ3) is 6.96. The van der Waals surface area contributed by atoms with E-state index in [1.54, 1.807) is 6.92 Å². The molecule has 0 heterocycles. The minimum absolute atomic E-state index is 0.354. The molecule has 0 aromatic heterocycles. The van der Waals surface area contributed by atoms with Crippen LogP contribution in [0, 0.1) is 17.2 Å². The highest BCUT2D eigenvalue weighted by atomic mass is 16.5. The van der Waals surface area contributed by atoms with Gasteiger partial charge in [0.05, 0.1) is 12.7 Å². The molecule has 15 heavy (non-hydrogen) atoms. The van der Waals surface area contributed by atoms with Gasteiger partial charge in [-0.2, -0.15) is 5.26 Å². The van der Waals surface area contributed by atoms with Gasteiger partial charge in [0.15, 0.2) is 0 Å². The van der Waals surface area contributed by atoms with E-state index in [9.17, 15) is 4.79 Å². The van der Waals surface area contributed by atoms with Gasteiger partial charge in [0.2, 0.25) is 0 Å². The van der Waals surface area contributed by atoms with E-state index >= 15 is 0 Å². The van der Waals surface area contributed by atoms with Crippen molar-refractivity contribution in [3.63, 3.8) is 0 Å². The van der Waals surface area contributed by atoms with Crippen LogP contribution < -0.4 is 0 Å². The second-order valence-electron chi connectivity index (χ2n) is 3.64. The Labute approximate surface area is 92.4 Å². The monoisotopic (exact) mass is 211 g/mol. The summed E-state index contributed by atoms with van der Waals surface area (Å²) in [5.74, 6) is -0.929. The zero-order valence-corrected chi connectivity index (χ0v) is 9.79. The van der Waals surface area contributed by atoms with Crippen LogP contribution in [0.1, 0.15) is 52.4 Å². The highest BCUT2D eigenvalue weighted by Gasteiger charge is 2.17. The number of ether oxygens (including phenoxy) is 1. The first-order valence-electron chi connectivity index (χ1n) is 5.82. The largest absolute Gasteiger partial charge is 0.465 e. The smallest absolute Gasteiger partial charge is 0.323 e.